The van der Waals surface area contributed by atoms with Gasteiger partial charge in [-0.3, -0.25) is 10.1 Å². The summed E-state index contributed by atoms with van der Waals surface area (Å²) in [6.45, 7) is 3.79. The smallest absolute Gasteiger partial charge is 0.237 e. The van der Waals surface area contributed by atoms with E-state index in [1.54, 1.807) is 12.1 Å². The molecule has 0 aliphatic heterocycles. The Morgan fingerprint density at radius 1 is 1.08 bits per heavy atom. The summed E-state index contributed by atoms with van der Waals surface area (Å²) in [7, 11) is 0. The molecule has 0 aromatic heterocycles. The molecule has 4 fully saturated rings. The average molecular weight is 344 g/mol. The highest BCUT2D eigenvalue weighted by molar-refractivity contribution is 5.82. The van der Waals surface area contributed by atoms with Gasteiger partial charge < -0.3 is 5.32 Å². The van der Waals surface area contributed by atoms with E-state index in [2.05, 4.69) is 10.6 Å². The molecule has 4 bridgehead atoms. The highest BCUT2D eigenvalue weighted by Gasteiger charge is 2.51. The lowest BCUT2D eigenvalue weighted by Crippen LogP contribution is -2.62. The van der Waals surface area contributed by atoms with E-state index in [0.29, 0.717) is 5.56 Å². The molecule has 1 aromatic rings. The lowest BCUT2D eigenvalue weighted by Gasteiger charge is -2.57. The van der Waals surface area contributed by atoms with Crippen LogP contribution in [0.4, 0.5) is 4.39 Å². The van der Waals surface area contributed by atoms with E-state index in [1.165, 1.54) is 25.3 Å². The fourth-order valence-electron chi connectivity index (χ4n) is 6.00. The molecule has 2 N–H and O–H groups in total. The molecule has 2 atom stereocenters. The lowest BCUT2D eigenvalue weighted by atomic mass is 9.53. The molecule has 4 saturated carbocycles. The van der Waals surface area contributed by atoms with Crippen LogP contribution < -0.4 is 10.6 Å². The van der Waals surface area contributed by atoms with Crippen LogP contribution >= 0.6 is 0 Å². The van der Waals surface area contributed by atoms with E-state index >= 15 is 0 Å². The Morgan fingerprint density at radius 2 is 1.64 bits per heavy atom. The molecule has 4 aliphatic rings. The van der Waals surface area contributed by atoms with Gasteiger partial charge in [0.1, 0.15) is 5.82 Å². The molecule has 136 valence electrons. The molecule has 4 heteroatoms. The molecule has 4 aliphatic carbocycles. The monoisotopic (exact) mass is 344 g/mol. The van der Waals surface area contributed by atoms with Gasteiger partial charge in [-0.1, -0.05) is 18.2 Å². The molecule has 25 heavy (non-hydrogen) atoms. The number of hydrogen-bond donors (Lipinski definition) is 2. The van der Waals surface area contributed by atoms with E-state index in [9.17, 15) is 9.18 Å². The molecular formula is C21H29FN2O. The summed E-state index contributed by atoms with van der Waals surface area (Å²) in [4.78, 5) is 12.8. The second-order valence-corrected chi connectivity index (χ2v) is 8.82. The van der Waals surface area contributed by atoms with Crippen molar-refractivity contribution in [1.82, 2.24) is 10.6 Å². The maximum atomic E-state index is 13.9. The number of nitrogens with one attached hydrogen (secondary N) is 2. The van der Waals surface area contributed by atoms with Gasteiger partial charge in [-0.15, -0.1) is 0 Å². The van der Waals surface area contributed by atoms with Gasteiger partial charge in [0, 0.05) is 17.1 Å². The Morgan fingerprint density at radius 3 is 2.20 bits per heavy atom. The SMILES string of the molecule is CC(NC(C)c1ccccc1F)C(=O)NC12CC3CC(CC(C3)C1)C2. The summed E-state index contributed by atoms with van der Waals surface area (Å²) in [5, 5.41) is 6.67. The van der Waals surface area contributed by atoms with Crippen LogP contribution in [0.5, 0.6) is 0 Å². The van der Waals surface area contributed by atoms with Crippen molar-refractivity contribution in [3.05, 3.63) is 35.6 Å². The fraction of sp³-hybridized carbons (Fsp3) is 0.667. The Labute approximate surface area is 149 Å². The highest BCUT2D eigenvalue weighted by atomic mass is 19.1. The Bertz CT molecular complexity index is 624. The van der Waals surface area contributed by atoms with Gasteiger partial charge in [-0.25, -0.2) is 4.39 Å². The van der Waals surface area contributed by atoms with Gasteiger partial charge in [0.2, 0.25) is 5.91 Å². The van der Waals surface area contributed by atoms with Crippen LogP contribution in [-0.4, -0.2) is 17.5 Å². The van der Waals surface area contributed by atoms with Crippen molar-refractivity contribution in [1.29, 1.82) is 0 Å². The predicted molar refractivity (Wildman–Crippen MR) is 96.5 cm³/mol. The first-order valence-electron chi connectivity index (χ1n) is 9.76. The van der Waals surface area contributed by atoms with Gasteiger partial charge in [0.25, 0.3) is 0 Å². The largest absolute Gasteiger partial charge is 0.349 e. The van der Waals surface area contributed by atoms with E-state index in [1.807, 2.05) is 19.9 Å². The zero-order chi connectivity index (χ0) is 17.6. The number of amides is 1. The first kappa shape index (κ1) is 17.0. The third-order valence-electron chi connectivity index (χ3n) is 6.69. The maximum absolute atomic E-state index is 13.9. The third kappa shape index (κ3) is 3.33. The zero-order valence-corrected chi connectivity index (χ0v) is 15.2. The van der Waals surface area contributed by atoms with E-state index < -0.39 is 0 Å². The summed E-state index contributed by atoms with van der Waals surface area (Å²) in [6, 6.07) is 6.23. The molecule has 0 radical (unpaired) electrons. The van der Waals surface area contributed by atoms with E-state index in [-0.39, 0.29) is 29.3 Å². The topological polar surface area (TPSA) is 41.1 Å². The minimum atomic E-state index is -0.331. The van der Waals surface area contributed by atoms with Gasteiger partial charge in [-0.05, 0) is 76.2 Å². The Balaban J connectivity index is 1.39. The first-order valence-corrected chi connectivity index (χ1v) is 9.76. The second-order valence-electron chi connectivity index (χ2n) is 8.82. The van der Waals surface area contributed by atoms with Crippen LogP contribution in [0.25, 0.3) is 0 Å². The number of benzene rings is 1. The van der Waals surface area contributed by atoms with Gasteiger partial charge in [0.15, 0.2) is 0 Å². The Kier molecular flexibility index (Phi) is 4.35. The lowest BCUT2D eigenvalue weighted by molar-refractivity contribution is -0.128. The van der Waals surface area contributed by atoms with Crippen molar-refractivity contribution in [3.8, 4) is 0 Å². The molecule has 1 aromatic carbocycles. The molecule has 0 heterocycles. The highest BCUT2D eigenvalue weighted by Crippen LogP contribution is 2.55. The number of hydrogen-bond acceptors (Lipinski definition) is 2. The van der Waals surface area contributed by atoms with E-state index in [0.717, 1.165) is 37.0 Å². The summed E-state index contributed by atoms with van der Waals surface area (Å²) in [6.07, 6.45) is 7.56. The molecule has 2 unspecified atom stereocenters. The van der Waals surface area contributed by atoms with Gasteiger partial charge in [0.05, 0.1) is 6.04 Å². The normalized spacial score (nSPS) is 35.4. The second kappa shape index (κ2) is 6.39. The van der Waals surface area contributed by atoms with Gasteiger partial charge >= 0.3 is 0 Å². The van der Waals surface area contributed by atoms with Crippen LogP contribution in [0.15, 0.2) is 24.3 Å². The van der Waals surface area contributed by atoms with Crippen LogP contribution in [0.3, 0.4) is 0 Å². The van der Waals surface area contributed by atoms with Crippen molar-refractivity contribution < 1.29 is 9.18 Å². The average Bonchev–Trinajstić information content (AvgIpc) is 2.53. The third-order valence-corrected chi connectivity index (χ3v) is 6.69. The minimum Gasteiger partial charge on any atom is -0.349 e. The molecule has 0 saturated heterocycles. The van der Waals surface area contributed by atoms with Crippen molar-refractivity contribution in [2.45, 2.75) is 70.0 Å². The van der Waals surface area contributed by atoms with E-state index in [4.69, 9.17) is 0 Å². The Hall–Kier alpha value is -1.42. The number of halogens is 1. The maximum Gasteiger partial charge on any atom is 0.237 e. The number of carbonyl (C=O) groups excluding carboxylic acids is 1. The number of carbonyl (C=O) groups is 1. The van der Waals surface area contributed by atoms with Crippen molar-refractivity contribution >= 4 is 5.91 Å². The summed E-state index contributed by atoms with van der Waals surface area (Å²) < 4.78 is 13.9. The molecule has 5 rings (SSSR count). The molecular weight excluding hydrogens is 315 g/mol. The van der Waals surface area contributed by atoms with Gasteiger partial charge in [-0.2, -0.15) is 0 Å². The standard InChI is InChI=1S/C21H29FN2O/c1-13(18-5-3-4-6-19(18)22)23-14(2)20(25)24-21-10-15-7-16(11-21)9-17(8-15)12-21/h3-6,13-17,23H,7-12H2,1-2H3,(H,24,25). The molecule has 1 amide bonds. The van der Waals surface area contributed by atoms with Crippen LogP contribution in [0, 0.1) is 23.6 Å². The minimum absolute atomic E-state index is 0.0308. The fourth-order valence-corrected chi connectivity index (χ4v) is 6.00. The number of rotatable bonds is 5. The summed E-state index contributed by atoms with van der Waals surface area (Å²) in [5.41, 5.74) is 0.639. The van der Waals surface area contributed by atoms with Crippen molar-refractivity contribution in [3.63, 3.8) is 0 Å². The van der Waals surface area contributed by atoms with Crippen LogP contribution in [-0.2, 0) is 4.79 Å². The summed E-state index contributed by atoms with van der Waals surface area (Å²) in [5.74, 6) is 2.27. The first-order chi connectivity index (χ1) is 11.9. The molecule has 3 nitrogen and oxygen atoms in total. The van der Waals surface area contributed by atoms with Crippen LogP contribution in [0.2, 0.25) is 0 Å². The predicted octanol–water partition coefficient (Wildman–Crippen LogP) is 3.95. The van der Waals surface area contributed by atoms with Crippen LogP contribution in [0.1, 0.15) is 64.0 Å². The summed E-state index contributed by atoms with van der Waals surface area (Å²) >= 11 is 0. The van der Waals surface area contributed by atoms with Crippen molar-refractivity contribution in [2.24, 2.45) is 17.8 Å². The zero-order valence-electron chi connectivity index (χ0n) is 15.2. The van der Waals surface area contributed by atoms with Crippen molar-refractivity contribution in [2.75, 3.05) is 0 Å². The molecule has 0 spiro atoms. The quantitative estimate of drug-likeness (QED) is 0.849.